The van der Waals surface area contributed by atoms with Gasteiger partial charge in [0.15, 0.2) is 17.5 Å². The molecule has 0 bridgehead atoms. The van der Waals surface area contributed by atoms with Crippen LogP contribution in [0.25, 0.3) is 0 Å². The van der Waals surface area contributed by atoms with Gasteiger partial charge in [-0.15, -0.1) is 0 Å². The highest BCUT2D eigenvalue weighted by atomic mass is 19.3. The van der Waals surface area contributed by atoms with Crippen molar-refractivity contribution < 1.29 is 26.7 Å². The monoisotopic (exact) mass is 198 g/mol. The maximum atomic E-state index is 12.4. The predicted molar refractivity (Wildman–Crippen MR) is 32.9 cm³/mol. The average molecular weight is 198 g/mol. The summed E-state index contributed by atoms with van der Waals surface area (Å²) in [5.74, 6) is -5.63. The molecule has 0 aromatic heterocycles. The number of alkyl halides is 2. The lowest BCUT2D eigenvalue weighted by atomic mass is 10.3. The molecule has 1 aromatic rings. The summed E-state index contributed by atoms with van der Waals surface area (Å²) in [6.07, 6.45) is 0. The van der Waals surface area contributed by atoms with E-state index in [1.54, 1.807) is 0 Å². The Kier molecular flexibility index (Phi) is 2.69. The van der Waals surface area contributed by atoms with Crippen LogP contribution in [0.1, 0.15) is 0 Å². The van der Waals surface area contributed by atoms with Crippen LogP contribution < -0.4 is 4.74 Å². The lowest BCUT2D eigenvalue weighted by Crippen LogP contribution is -2.03. The molecular weight excluding hydrogens is 195 g/mol. The Bertz CT molecular complexity index is 289. The van der Waals surface area contributed by atoms with E-state index in [2.05, 4.69) is 4.74 Å². The number of ether oxygens (including phenoxy) is 1. The van der Waals surface area contributed by atoms with Gasteiger partial charge in [0, 0.05) is 12.1 Å². The predicted octanol–water partition coefficient (Wildman–Crippen LogP) is 2.71. The van der Waals surface area contributed by atoms with Crippen molar-refractivity contribution in [1.29, 1.82) is 0 Å². The Labute approximate surface area is 69.7 Å². The number of hydrogen-bond acceptors (Lipinski definition) is 1. The summed E-state index contributed by atoms with van der Waals surface area (Å²) in [7, 11) is 0. The second-order valence-electron chi connectivity index (χ2n) is 2.08. The largest absolute Gasteiger partial charge is 0.435 e. The summed E-state index contributed by atoms with van der Waals surface area (Å²) < 4.78 is 63.7. The van der Waals surface area contributed by atoms with E-state index in [1.807, 2.05) is 0 Å². The number of halogens is 5. The van der Waals surface area contributed by atoms with E-state index < -0.39 is 29.8 Å². The number of rotatable bonds is 2. The van der Waals surface area contributed by atoms with Crippen LogP contribution in [0.5, 0.6) is 5.75 Å². The van der Waals surface area contributed by atoms with E-state index in [-0.39, 0.29) is 0 Å². The molecule has 0 aliphatic carbocycles. The summed E-state index contributed by atoms with van der Waals surface area (Å²) in [4.78, 5) is 0. The molecule has 6 heteroatoms. The molecule has 1 nitrogen and oxygen atoms in total. The van der Waals surface area contributed by atoms with Crippen LogP contribution in [0.2, 0.25) is 0 Å². The van der Waals surface area contributed by atoms with Gasteiger partial charge in [-0.1, -0.05) is 0 Å². The molecule has 0 atom stereocenters. The van der Waals surface area contributed by atoms with E-state index in [9.17, 15) is 22.0 Å². The topological polar surface area (TPSA) is 9.23 Å². The van der Waals surface area contributed by atoms with Gasteiger partial charge in [0.05, 0.1) is 0 Å². The van der Waals surface area contributed by atoms with Gasteiger partial charge >= 0.3 is 6.61 Å². The molecule has 0 saturated carbocycles. The van der Waals surface area contributed by atoms with Crippen molar-refractivity contribution in [3.8, 4) is 5.75 Å². The maximum Gasteiger partial charge on any atom is 0.387 e. The summed E-state index contributed by atoms with van der Waals surface area (Å²) >= 11 is 0. The number of hydrogen-bond donors (Lipinski definition) is 0. The first-order chi connectivity index (χ1) is 6.00. The molecule has 0 fully saturated rings. The van der Waals surface area contributed by atoms with Crippen molar-refractivity contribution in [2.45, 2.75) is 6.61 Å². The molecule has 72 valence electrons. The lowest BCUT2D eigenvalue weighted by molar-refractivity contribution is -0.0502. The number of benzene rings is 1. The van der Waals surface area contributed by atoms with Crippen molar-refractivity contribution in [2.75, 3.05) is 0 Å². The van der Waals surface area contributed by atoms with Crippen LogP contribution in [0.4, 0.5) is 22.0 Å². The van der Waals surface area contributed by atoms with Crippen molar-refractivity contribution in [3.63, 3.8) is 0 Å². The van der Waals surface area contributed by atoms with Crippen LogP contribution in [0.15, 0.2) is 12.1 Å². The third kappa shape index (κ3) is 2.30. The first-order valence-corrected chi connectivity index (χ1v) is 3.10. The summed E-state index contributed by atoms with van der Waals surface area (Å²) in [5, 5.41) is 0. The Morgan fingerprint density at radius 2 is 1.46 bits per heavy atom. The van der Waals surface area contributed by atoms with Crippen LogP contribution in [-0.2, 0) is 0 Å². The summed E-state index contributed by atoms with van der Waals surface area (Å²) in [6.45, 7) is -3.20. The van der Waals surface area contributed by atoms with Gasteiger partial charge in [0.25, 0.3) is 0 Å². The molecule has 1 aromatic carbocycles. The minimum Gasteiger partial charge on any atom is -0.435 e. The average Bonchev–Trinajstić information content (AvgIpc) is 1.98. The van der Waals surface area contributed by atoms with Crippen molar-refractivity contribution in [3.05, 3.63) is 29.6 Å². The van der Waals surface area contributed by atoms with Crippen molar-refractivity contribution >= 4 is 0 Å². The fourth-order valence-corrected chi connectivity index (χ4v) is 0.703. The minimum absolute atomic E-state index is 0.338. The van der Waals surface area contributed by atoms with E-state index >= 15 is 0 Å². The Balaban J connectivity index is 2.99. The molecule has 0 N–H and O–H groups in total. The standard InChI is InChI=1S/C7H3F5O/c8-4-1-3(13-7(11)12)2-5(9)6(4)10/h1-2,7H. The van der Waals surface area contributed by atoms with Gasteiger partial charge in [-0.25, -0.2) is 13.2 Å². The second-order valence-corrected chi connectivity index (χ2v) is 2.08. The summed E-state index contributed by atoms with van der Waals surface area (Å²) in [6, 6.07) is 0.676. The highest BCUT2D eigenvalue weighted by molar-refractivity contribution is 5.24. The molecule has 0 aliphatic rings. The highest BCUT2D eigenvalue weighted by Gasteiger charge is 2.13. The second kappa shape index (κ2) is 3.59. The van der Waals surface area contributed by atoms with Gasteiger partial charge in [0.1, 0.15) is 5.75 Å². The van der Waals surface area contributed by atoms with Gasteiger partial charge in [-0.05, 0) is 0 Å². The maximum absolute atomic E-state index is 12.4. The van der Waals surface area contributed by atoms with Crippen LogP contribution in [-0.4, -0.2) is 6.61 Å². The first kappa shape index (κ1) is 9.76. The van der Waals surface area contributed by atoms with Crippen molar-refractivity contribution in [2.24, 2.45) is 0 Å². The van der Waals surface area contributed by atoms with Gasteiger partial charge < -0.3 is 4.74 Å². The zero-order valence-electron chi connectivity index (χ0n) is 6.03. The SMILES string of the molecule is Fc1cc(OC(F)F)cc(F)c1F. The van der Waals surface area contributed by atoms with Gasteiger partial charge in [0.2, 0.25) is 0 Å². The molecule has 0 spiro atoms. The fraction of sp³-hybridized carbons (Fsp3) is 0.143. The smallest absolute Gasteiger partial charge is 0.387 e. The molecule has 0 heterocycles. The molecule has 0 unspecified atom stereocenters. The van der Waals surface area contributed by atoms with Gasteiger partial charge in [-0.3, -0.25) is 0 Å². The molecule has 13 heavy (non-hydrogen) atoms. The summed E-state index contributed by atoms with van der Waals surface area (Å²) in [5.41, 5.74) is 0. The van der Waals surface area contributed by atoms with Crippen LogP contribution in [0.3, 0.4) is 0 Å². The molecular formula is C7H3F5O. The Morgan fingerprint density at radius 3 is 1.85 bits per heavy atom. The normalized spacial score (nSPS) is 10.6. The molecule has 0 aliphatic heterocycles. The first-order valence-electron chi connectivity index (χ1n) is 3.10. The molecule has 1 rings (SSSR count). The Hall–Kier alpha value is -1.33. The zero-order chi connectivity index (χ0) is 10.0. The minimum atomic E-state index is -3.20. The van der Waals surface area contributed by atoms with E-state index in [4.69, 9.17) is 0 Å². The van der Waals surface area contributed by atoms with Crippen LogP contribution in [0, 0.1) is 17.5 Å². The zero-order valence-corrected chi connectivity index (χ0v) is 6.03. The quantitative estimate of drug-likeness (QED) is 0.524. The molecule has 0 amide bonds. The lowest BCUT2D eigenvalue weighted by Gasteiger charge is -2.04. The fourth-order valence-electron chi connectivity index (χ4n) is 0.703. The van der Waals surface area contributed by atoms with E-state index in [0.29, 0.717) is 12.1 Å². The molecule has 0 saturated heterocycles. The molecule has 0 radical (unpaired) electrons. The Morgan fingerprint density at radius 1 is 1.00 bits per heavy atom. The third-order valence-electron chi connectivity index (χ3n) is 1.18. The highest BCUT2D eigenvalue weighted by Crippen LogP contribution is 2.20. The third-order valence-corrected chi connectivity index (χ3v) is 1.18. The van der Waals surface area contributed by atoms with Crippen LogP contribution >= 0.6 is 0 Å². The van der Waals surface area contributed by atoms with Gasteiger partial charge in [-0.2, -0.15) is 8.78 Å². The van der Waals surface area contributed by atoms with E-state index in [0.717, 1.165) is 0 Å². The van der Waals surface area contributed by atoms with Crippen molar-refractivity contribution in [1.82, 2.24) is 0 Å². The van der Waals surface area contributed by atoms with E-state index in [1.165, 1.54) is 0 Å².